The fourth-order valence-corrected chi connectivity index (χ4v) is 3.44. The highest BCUT2D eigenvalue weighted by molar-refractivity contribution is 5.94. The summed E-state index contributed by atoms with van der Waals surface area (Å²) in [5.41, 5.74) is 2.18. The lowest BCUT2D eigenvalue weighted by Crippen LogP contribution is -2.51. The molecule has 0 N–H and O–H groups in total. The minimum Gasteiger partial charge on any atom is -0.354 e. The van der Waals surface area contributed by atoms with Gasteiger partial charge in [0, 0.05) is 51.9 Å². The molecule has 1 fully saturated rings. The molecule has 2 aromatic rings. The summed E-state index contributed by atoms with van der Waals surface area (Å²) in [5, 5.41) is 0. The standard InChI is InChI=1S/C19H24N4O3/c1-13-9-14(2)11-15(10-13)18(25)23-7-5-22(6-8-23)16-12-17(24)21(4)19(26)20(16)3/h9-12H,5-8H2,1-4H3. The Morgan fingerprint density at radius 2 is 1.42 bits per heavy atom. The maximum absolute atomic E-state index is 12.8. The van der Waals surface area contributed by atoms with E-state index >= 15 is 0 Å². The Labute approximate surface area is 152 Å². The van der Waals surface area contributed by atoms with Crippen LogP contribution in [0.1, 0.15) is 21.5 Å². The van der Waals surface area contributed by atoms with E-state index in [1.807, 2.05) is 41.8 Å². The second-order valence-corrected chi connectivity index (χ2v) is 6.90. The molecule has 3 rings (SSSR count). The van der Waals surface area contributed by atoms with Crippen LogP contribution in [0.15, 0.2) is 33.9 Å². The van der Waals surface area contributed by atoms with E-state index in [0.717, 1.165) is 15.7 Å². The Hall–Kier alpha value is -2.83. The van der Waals surface area contributed by atoms with Gasteiger partial charge in [0.15, 0.2) is 0 Å². The molecule has 0 unspecified atom stereocenters. The van der Waals surface area contributed by atoms with E-state index < -0.39 is 0 Å². The summed E-state index contributed by atoms with van der Waals surface area (Å²) in [5.74, 6) is 0.617. The van der Waals surface area contributed by atoms with E-state index in [1.165, 1.54) is 17.7 Å². The number of benzene rings is 1. The van der Waals surface area contributed by atoms with Crippen LogP contribution in [0.3, 0.4) is 0 Å². The van der Waals surface area contributed by atoms with Crippen LogP contribution in [0.25, 0.3) is 0 Å². The number of amides is 1. The van der Waals surface area contributed by atoms with Crippen LogP contribution in [0, 0.1) is 13.8 Å². The Bertz CT molecular complexity index is 945. The number of piperazine rings is 1. The first-order chi connectivity index (χ1) is 12.3. The normalized spacial score (nSPS) is 14.6. The van der Waals surface area contributed by atoms with Gasteiger partial charge in [-0.3, -0.25) is 18.7 Å². The molecular formula is C19H24N4O3. The lowest BCUT2D eigenvalue weighted by molar-refractivity contribution is 0.0746. The van der Waals surface area contributed by atoms with E-state index in [2.05, 4.69) is 0 Å². The van der Waals surface area contributed by atoms with Gasteiger partial charge in [-0.2, -0.15) is 0 Å². The Balaban J connectivity index is 1.77. The van der Waals surface area contributed by atoms with Gasteiger partial charge in [0.25, 0.3) is 11.5 Å². The first-order valence-corrected chi connectivity index (χ1v) is 8.67. The number of nitrogens with zero attached hydrogens (tertiary/aromatic N) is 4. The Kier molecular flexibility index (Phi) is 4.71. The topological polar surface area (TPSA) is 67.6 Å². The summed E-state index contributed by atoms with van der Waals surface area (Å²) in [7, 11) is 3.12. The highest BCUT2D eigenvalue weighted by atomic mass is 16.2. The van der Waals surface area contributed by atoms with Gasteiger partial charge in [-0.15, -0.1) is 0 Å². The van der Waals surface area contributed by atoms with Gasteiger partial charge in [-0.1, -0.05) is 17.2 Å². The first-order valence-electron chi connectivity index (χ1n) is 8.67. The monoisotopic (exact) mass is 356 g/mol. The minimum absolute atomic E-state index is 0.0225. The molecule has 26 heavy (non-hydrogen) atoms. The number of aryl methyl sites for hydroxylation is 2. The quantitative estimate of drug-likeness (QED) is 0.793. The highest BCUT2D eigenvalue weighted by Crippen LogP contribution is 2.16. The van der Waals surface area contributed by atoms with Crippen molar-refractivity contribution in [3.63, 3.8) is 0 Å². The molecule has 7 nitrogen and oxygen atoms in total. The molecule has 1 aromatic heterocycles. The SMILES string of the molecule is Cc1cc(C)cc(C(=O)N2CCN(c3cc(=O)n(C)c(=O)n3C)CC2)c1. The molecular weight excluding hydrogens is 332 g/mol. The van der Waals surface area contributed by atoms with Crippen molar-refractivity contribution in [2.45, 2.75) is 13.8 Å². The van der Waals surface area contributed by atoms with Crippen LogP contribution in [0.2, 0.25) is 0 Å². The lowest BCUT2D eigenvalue weighted by atomic mass is 10.1. The molecule has 1 aliphatic rings. The third kappa shape index (κ3) is 3.29. The van der Waals surface area contributed by atoms with Gasteiger partial charge in [-0.25, -0.2) is 4.79 Å². The van der Waals surface area contributed by atoms with Gasteiger partial charge in [0.2, 0.25) is 0 Å². The van der Waals surface area contributed by atoms with Gasteiger partial charge >= 0.3 is 5.69 Å². The molecule has 0 saturated carbocycles. The zero-order valence-corrected chi connectivity index (χ0v) is 15.7. The van der Waals surface area contributed by atoms with Gasteiger partial charge in [0.1, 0.15) is 5.82 Å². The average Bonchev–Trinajstić information content (AvgIpc) is 2.62. The summed E-state index contributed by atoms with van der Waals surface area (Å²) in [6.45, 7) is 6.23. The summed E-state index contributed by atoms with van der Waals surface area (Å²) in [6.07, 6.45) is 0. The van der Waals surface area contributed by atoms with E-state index in [1.54, 1.807) is 7.05 Å². The van der Waals surface area contributed by atoms with Crippen molar-refractivity contribution in [1.29, 1.82) is 0 Å². The van der Waals surface area contributed by atoms with Gasteiger partial charge < -0.3 is 9.80 Å². The van der Waals surface area contributed by atoms with Gasteiger partial charge in [0.05, 0.1) is 0 Å². The number of anilines is 1. The second kappa shape index (κ2) is 6.82. The molecule has 1 amide bonds. The summed E-state index contributed by atoms with van der Waals surface area (Å²) in [6, 6.07) is 7.34. The van der Waals surface area contributed by atoms with Gasteiger partial charge in [-0.05, 0) is 26.0 Å². The number of rotatable bonds is 2. The van der Waals surface area contributed by atoms with Crippen molar-refractivity contribution in [3.05, 3.63) is 61.8 Å². The fraction of sp³-hybridized carbons (Fsp3) is 0.421. The van der Waals surface area contributed by atoms with Crippen molar-refractivity contribution in [2.75, 3.05) is 31.1 Å². The molecule has 7 heteroatoms. The van der Waals surface area contributed by atoms with E-state index in [9.17, 15) is 14.4 Å². The highest BCUT2D eigenvalue weighted by Gasteiger charge is 2.24. The summed E-state index contributed by atoms with van der Waals surface area (Å²) < 4.78 is 2.56. The average molecular weight is 356 g/mol. The third-order valence-electron chi connectivity index (χ3n) is 4.86. The molecule has 0 atom stereocenters. The molecule has 138 valence electrons. The van der Waals surface area contributed by atoms with E-state index in [4.69, 9.17) is 0 Å². The van der Waals surface area contributed by atoms with E-state index in [0.29, 0.717) is 37.6 Å². The Morgan fingerprint density at radius 1 is 0.846 bits per heavy atom. The fourth-order valence-electron chi connectivity index (χ4n) is 3.44. The van der Waals surface area contributed by atoms with Crippen LogP contribution in [-0.2, 0) is 14.1 Å². The van der Waals surface area contributed by atoms with Crippen LogP contribution in [0.5, 0.6) is 0 Å². The predicted molar refractivity (Wildman–Crippen MR) is 101 cm³/mol. The summed E-state index contributed by atoms with van der Waals surface area (Å²) >= 11 is 0. The van der Waals surface area contributed by atoms with Crippen molar-refractivity contribution in [1.82, 2.24) is 14.0 Å². The molecule has 0 bridgehead atoms. The van der Waals surface area contributed by atoms with Crippen LogP contribution in [-0.4, -0.2) is 46.1 Å². The number of carbonyl (C=O) groups is 1. The van der Waals surface area contributed by atoms with Crippen molar-refractivity contribution < 1.29 is 4.79 Å². The molecule has 0 radical (unpaired) electrons. The Morgan fingerprint density at radius 3 is 2.00 bits per heavy atom. The minimum atomic E-state index is -0.346. The van der Waals surface area contributed by atoms with Crippen molar-refractivity contribution >= 4 is 11.7 Å². The maximum Gasteiger partial charge on any atom is 0.332 e. The van der Waals surface area contributed by atoms with Crippen LogP contribution >= 0.6 is 0 Å². The number of hydrogen-bond donors (Lipinski definition) is 0. The van der Waals surface area contributed by atoms with Crippen LogP contribution in [0.4, 0.5) is 5.82 Å². The van der Waals surface area contributed by atoms with Crippen molar-refractivity contribution in [3.8, 4) is 0 Å². The second-order valence-electron chi connectivity index (χ2n) is 6.90. The maximum atomic E-state index is 12.8. The number of aromatic nitrogens is 2. The first kappa shape index (κ1) is 18.0. The molecule has 0 spiro atoms. The zero-order valence-electron chi connectivity index (χ0n) is 15.7. The van der Waals surface area contributed by atoms with Crippen molar-refractivity contribution in [2.24, 2.45) is 14.1 Å². The lowest BCUT2D eigenvalue weighted by Gasteiger charge is -2.36. The molecule has 1 aliphatic heterocycles. The van der Waals surface area contributed by atoms with E-state index in [-0.39, 0.29) is 17.2 Å². The summed E-state index contributed by atoms with van der Waals surface area (Å²) in [4.78, 5) is 40.6. The zero-order chi connectivity index (χ0) is 19.0. The largest absolute Gasteiger partial charge is 0.354 e. The smallest absolute Gasteiger partial charge is 0.332 e. The molecule has 2 heterocycles. The van der Waals surface area contributed by atoms with Crippen LogP contribution < -0.4 is 16.1 Å². The predicted octanol–water partition coefficient (Wildman–Crippen LogP) is 0.663. The number of hydrogen-bond acceptors (Lipinski definition) is 4. The molecule has 0 aliphatic carbocycles. The third-order valence-corrected chi connectivity index (χ3v) is 4.86. The number of carbonyl (C=O) groups excluding carboxylic acids is 1. The molecule has 1 aromatic carbocycles. The molecule has 1 saturated heterocycles.